The minimum atomic E-state index is -0.650. The number of nitrogens with zero attached hydrogens (tertiary/aromatic N) is 2. The molecular formula is C8H8N4O3. The standard InChI is InChI=1S/C8H8N4O3/c1-3-9-5-4(6(13)10-3)7(14)12(2)8(15)11-5/h1-2H3,(H2,9,10,11,13,15). The zero-order valence-electron chi connectivity index (χ0n) is 8.12. The summed E-state index contributed by atoms with van der Waals surface area (Å²) < 4.78 is 0.828. The lowest BCUT2D eigenvalue weighted by molar-refractivity contribution is 0.786. The SMILES string of the molecule is Cc1nc2[nH]c(=O)n(C)c(=O)c2c(=O)[nH]1. The molecule has 7 nitrogen and oxygen atoms in total. The van der Waals surface area contributed by atoms with Crippen molar-refractivity contribution >= 4 is 11.0 Å². The quantitative estimate of drug-likeness (QED) is 0.557. The Morgan fingerprint density at radius 2 is 1.87 bits per heavy atom. The number of hydrogen-bond donors (Lipinski definition) is 2. The first kappa shape index (κ1) is 9.38. The molecule has 78 valence electrons. The van der Waals surface area contributed by atoms with E-state index in [2.05, 4.69) is 15.0 Å². The molecule has 0 saturated heterocycles. The Balaban J connectivity index is 3.21. The van der Waals surface area contributed by atoms with Gasteiger partial charge in [-0.3, -0.25) is 19.1 Å². The maximum absolute atomic E-state index is 11.6. The average Bonchev–Trinajstić information content (AvgIpc) is 2.13. The number of H-pyrrole nitrogens is 2. The highest BCUT2D eigenvalue weighted by atomic mass is 16.2. The van der Waals surface area contributed by atoms with Crippen LogP contribution >= 0.6 is 0 Å². The molecule has 0 saturated carbocycles. The van der Waals surface area contributed by atoms with Crippen LogP contribution in [0.4, 0.5) is 0 Å². The van der Waals surface area contributed by atoms with E-state index in [9.17, 15) is 14.4 Å². The van der Waals surface area contributed by atoms with Gasteiger partial charge in [0.1, 0.15) is 11.2 Å². The molecule has 0 amide bonds. The Kier molecular flexibility index (Phi) is 1.82. The summed E-state index contributed by atoms with van der Waals surface area (Å²) in [6.07, 6.45) is 0. The van der Waals surface area contributed by atoms with Crippen molar-refractivity contribution < 1.29 is 0 Å². The second-order valence-electron chi connectivity index (χ2n) is 3.17. The fourth-order valence-electron chi connectivity index (χ4n) is 1.32. The van der Waals surface area contributed by atoms with Gasteiger partial charge in [-0.2, -0.15) is 0 Å². The van der Waals surface area contributed by atoms with Gasteiger partial charge in [0, 0.05) is 7.05 Å². The van der Waals surface area contributed by atoms with E-state index in [1.807, 2.05) is 0 Å². The highest BCUT2D eigenvalue weighted by Crippen LogP contribution is 1.93. The summed E-state index contributed by atoms with van der Waals surface area (Å²) in [5.41, 5.74) is -1.77. The molecule has 0 spiro atoms. The Morgan fingerprint density at radius 3 is 2.53 bits per heavy atom. The van der Waals surface area contributed by atoms with Gasteiger partial charge in [0.2, 0.25) is 0 Å². The van der Waals surface area contributed by atoms with Gasteiger partial charge >= 0.3 is 5.69 Å². The second kappa shape index (κ2) is 2.91. The third-order valence-electron chi connectivity index (χ3n) is 2.09. The van der Waals surface area contributed by atoms with Crippen LogP contribution in [0.2, 0.25) is 0 Å². The van der Waals surface area contributed by atoms with Crippen LogP contribution in [0.3, 0.4) is 0 Å². The normalized spacial score (nSPS) is 10.8. The van der Waals surface area contributed by atoms with Crippen molar-refractivity contribution in [3.63, 3.8) is 0 Å². The number of aromatic nitrogens is 4. The molecule has 0 aliphatic rings. The van der Waals surface area contributed by atoms with Crippen LogP contribution in [-0.4, -0.2) is 19.5 Å². The fraction of sp³-hybridized carbons (Fsp3) is 0.250. The van der Waals surface area contributed by atoms with Crippen LogP contribution in [0.15, 0.2) is 14.4 Å². The van der Waals surface area contributed by atoms with E-state index in [4.69, 9.17) is 0 Å². The predicted octanol–water partition coefficient (Wildman–Crippen LogP) is -1.38. The Labute approximate surface area is 82.4 Å². The Morgan fingerprint density at radius 1 is 1.20 bits per heavy atom. The minimum absolute atomic E-state index is 0.0179. The van der Waals surface area contributed by atoms with Gasteiger partial charge in [-0.05, 0) is 6.92 Å². The summed E-state index contributed by atoms with van der Waals surface area (Å²) in [5.74, 6) is 0.344. The highest BCUT2D eigenvalue weighted by Gasteiger charge is 2.09. The molecule has 0 bridgehead atoms. The Hall–Kier alpha value is -2.18. The molecule has 2 N–H and O–H groups in total. The van der Waals surface area contributed by atoms with Crippen LogP contribution in [0.5, 0.6) is 0 Å². The maximum Gasteiger partial charge on any atom is 0.329 e. The Bertz CT molecular complexity index is 706. The van der Waals surface area contributed by atoms with Gasteiger partial charge in [0.05, 0.1) is 0 Å². The molecular weight excluding hydrogens is 200 g/mol. The topological polar surface area (TPSA) is 101 Å². The summed E-state index contributed by atoms with van der Waals surface area (Å²) in [6.45, 7) is 1.57. The van der Waals surface area contributed by atoms with E-state index in [1.165, 1.54) is 7.05 Å². The van der Waals surface area contributed by atoms with Crippen molar-refractivity contribution in [3.05, 3.63) is 37.0 Å². The van der Waals surface area contributed by atoms with E-state index in [0.717, 1.165) is 4.57 Å². The average molecular weight is 208 g/mol. The molecule has 0 aliphatic heterocycles. The number of aryl methyl sites for hydroxylation is 1. The van der Waals surface area contributed by atoms with E-state index >= 15 is 0 Å². The largest absolute Gasteiger partial charge is 0.329 e. The molecule has 15 heavy (non-hydrogen) atoms. The van der Waals surface area contributed by atoms with E-state index in [1.54, 1.807) is 6.92 Å². The molecule has 0 aliphatic carbocycles. The van der Waals surface area contributed by atoms with Gasteiger partial charge in [0.15, 0.2) is 5.65 Å². The van der Waals surface area contributed by atoms with Crippen molar-refractivity contribution in [2.75, 3.05) is 0 Å². The van der Waals surface area contributed by atoms with E-state index in [0.29, 0.717) is 5.82 Å². The van der Waals surface area contributed by atoms with Gasteiger partial charge in [0.25, 0.3) is 11.1 Å². The summed E-state index contributed by atoms with van der Waals surface area (Å²) in [7, 11) is 1.29. The van der Waals surface area contributed by atoms with Crippen molar-refractivity contribution in [2.45, 2.75) is 6.92 Å². The van der Waals surface area contributed by atoms with Crippen LogP contribution < -0.4 is 16.8 Å². The van der Waals surface area contributed by atoms with Crippen LogP contribution in [-0.2, 0) is 7.05 Å². The third kappa shape index (κ3) is 1.28. The molecule has 0 aromatic carbocycles. The first-order valence-electron chi connectivity index (χ1n) is 4.20. The highest BCUT2D eigenvalue weighted by molar-refractivity contribution is 5.71. The lowest BCUT2D eigenvalue weighted by atomic mass is 10.4. The first-order chi connectivity index (χ1) is 7.00. The predicted molar refractivity (Wildman–Crippen MR) is 53.0 cm³/mol. The first-order valence-corrected chi connectivity index (χ1v) is 4.20. The van der Waals surface area contributed by atoms with Crippen LogP contribution in [0, 0.1) is 6.92 Å². The van der Waals surface area contributed by atoms with E-state index < -0.39 is 16.8 Å². The van der Waals surface area contributed by atoms with Gasteiger partial charge < -0.3 is 4.98 Å². The zero-order valence-corrected chi connectivity index (χ0v) is 8.12. The number of hydrogen-bond acceptors (Lipinski definition) is 4. The number of aromatic amines is 2. The molecule has 0 atom stereocenters. The van der Waals surface area contributed by atoms with Gasteiger partial charge in [-0.1, -0.05) is 0 Å². The summed E-state index contributed by atoms with van der Waals surface area (Å²) in [6, 6.07) is 0. The number of nitrogens with one attached hydrogen (secondary N) is 2. The summed E-state index contributed by atoms with van der Waals surface area (Å²) in [5, 5.41) is -0.136. The smallest absolute Gasteiger partial charge is 0.310 e. The number of fused-ring (bicyclic) bond motifs is 1. The minimum Gasteiger partial charge on any atom is -0.310 e. The summed E-state index contributed by atoms with van der Waals surface area (Å²) >= 11 is 0. The number of rotatable bonds is 0. The lowest BCUT2D eigenvalue weighted by Crippen LogP contribution is -2.36. The van der Waals surface area contributed by atoms with Crippen molar-refractivity contribution in [2.24, 2.45) is 7.05 Å². The van der Waals surface area contributed by atoms with E-state index in [-0.39, 0.29) is 11.0 Å². The van der Waals surface area contributed by atoms with Crippen LogP contribution in [0.1, 0.15) is 5.82 Å². The summed E-state index contributed by atoms with van der Waals surface area (Å²) in [4.78, 5) is 42.9. The molecule has 2 rings (SSSR count). The molecule has 0 unspecified atom stereocenters. The van der Waals surface area contributed by atoms with Crippen LogP contribution in [0.25, 0.3) is 11.0 Å². The van der Waals surface area contributed by atoms with Crippen molar-refractivity contribution in [3.8, 4) is 0 Å². The van der Waals surface area contributed by atoms with Gasteiger partial charge in [-0.15, -0.1) is 0 Å². The monoisotopic (exact) mass is 208 g/mol. The molecule has 2 aromatic heterocycles. The van der Waals surface area contributed by atoms with Crippen molar-refractivity contribution in [1.29, 1.82) is 0 Å². The van der Waals surface area contributed by atoms with Gasteiger partial charge in [-0.25, -0.2) is 9.78 Å². The molecule has 2 aromatic rings. The van der Waals surface area contributed by atoms with Crippen molar-refractivity contribution in [1.82, 2.24) is 19.5 Å². The lowest BCUT2D eigenvalue weighted by Gasteiger charge is -1.99. The second-order valence-corrected chi connectivity index (χ2v) is 3.17. The molecule has 7 heteroatoms. The zero-order chi connectivity index (χ0) is 11.2. The molecule has 0 fully saturated rings. The molecule has 2 heterocycles. The molecule has 0 radical (unpaired) electrons. The fourth-order valence-corrected chi connectivity index (χ4v) is 1.32. The maximum atomic E-state index is 11.6. The third-order valence-corrected chi connectivity index (χ3v) is 2.09.